The molecule has 4 nitrogen and oxygen atoms in total. The van der Waals surface area contributed by atoms with Gasteiger partial charge in [-0.1, -0.05) is 0 Å². The molecule has 1 atom stereocenters. The molecule has 1 aromatic heterocycles. The van der Waals surface area contributed by atoms with Crippen molar-refractivity contribution in [2.75, 3.05) is 19.6 Å². The summed E-state index contributed by atoms with van der Waals surface area (Å²) < 4.78 is 2.22. The van der Waals surface area contributed by atoms with Crippen LogP contribution in [-0.2, 0) is 11.8 Å². The molecule has 0 unspecified atom stereocenters. The van der Waals surface area contributed by atoms with Gasteiger partial charge in [0, 0.05) is 30.9 Å². The molecule has 4 heteroatoms. The molecule has 4 aliphatic carbocycles. The van der Waals surface area contributed by atoms with Gasteiger partial charge in [0.25, 0.3) is 0 Å². The van der Waals surface area contributed by atoms with Crippen molar-refractivity contribution in [1.82, 2.24) is 14.8 Å². The Morgan fingerprint density at radius 2 is 1.77 bits per heavy atom. The van der Waals surface area contributed by atoms with Crippen LogP contribution in [0.2, 0.25) is 0 Å². The van der Waals surface area contributed by atoms with E-state index in [1.54, 1.807) is 0 Å². The molecule has 0 radical (unpaired) electrons. The Morgan fingerprint density at radius 1 is 1.15 bits per heavy atom. The van der Waals surface area contributed by atoms with E-state index in [0.717, 1.165) is 56.7 Å². The van der Waals surface area contributed by atoms with Gasteiger partial charge in [-0.2, -0.15) is 0 Å². The van der Waals surface area contributed by atoms with Crippen LogP contribution in [0.25, 0.3) is 0 Å². The fourth-order valence-corrected chi connectivity index (χ4v) is 7.06. The number of carbonyl (C=O) groups excluding carboxylic acids is 1. The summed E-state index contributed by atoms with van der Waals surface area (Å²) in [6.07, 6.45) is 12.3. The standard InChI is InChI=1S/C22H33N3O/c1-24-6-4-5-19(24)20(25-7-2-3-8-25)15-23-21(26)22-12-16-9-17(13-22)11-18(10-16)14-22/h4-6,16-18,20H,2-3,7-15H2,1H3,(H,23,26)/t16?,17?,18?,20-,22?/m1/s1. The molecule has 5 aliphatic rings. The SMILES string of the molecule is Cn1cccc1[C@@H](CNC(=O)C12CC3CC(CC(C3)C1)C2)N1CCCC1. The monoisotopic (exact) mass is 355 g/mol. The summed E-state index contributed by atoms with van der Waals surface area (Å²) in [5, 5.41) is 3.44. The molecule has 1 saturated heterocycles. The number of rotatable bonds is 5. The van der Waals surface area contributed by atoms with Gasteiger partial charge in [0.2, 0.25) is 5.91 Å². The first kappa shape index (κ1) is 16.9. The molecule has 6 rings (SSSR count). The largest absolute Gasteiger partial charge is 0.354 e. The third kappa shape index (κ3) is 2.81. The van der Waals surface area contributed by atoms with Crippen molar-refractivity contribution >= 4 is 5.91 Å². The van der Waals surface area contributed by atoms with Crippen LogP contribution >= 0.6 is 0 Å². The predicted octanol–water partition coefficient (Wildman–Crippen LogP) is 3.49. The van der Waals surface area contributed by atoms with E-state index < -0.39 is 0 Å². The summed E-state index contributed by atoms with van der Waals surface area (Å²) in [7, 11) is 2.12. The first-order chi connectivity index (χ1) is 12.6. The van der Waals surface area contributed by atoms with Crippen LogP contribution in [0.5, 0.6) is 0 Å². The number of amides is 1. The van der Waals surface area contributed by atoms with Gasteiger partial charge in [-0.05, 0) is 94.3 Å². The first-order valence-corrected chi connectivity index (χ1v) is 10.8. The lowest BCUT2D eigenvalue weighted by atomic mass is 9.49. The van der Waals surface area contributed by atoms with Crippen LogP contribution in [0.3, 0.4) is 0 Å². The average Bonchev–Trinajstić information content (AvgIpc) is 3.26. The smallest absolute Gasteiger partial charge is 0.226 e. The number of nitrogens with one attached hydrogen (secondary N) is 1. The molecule has 1 N–H and O–H groups in total. The van der Waals surface area contributed by atoms with E-state index in [9.17, 15) is 4.79 Å². The zero-order valence-corrected chi connectivity index (χ0v) is 16.1. The Bertz CT molecular complexity index is 637. The maximum Gasteiger partial charge on any atom is 0.226 e. The Morgan fingerprint density at radius 3 is 2.31 bits per heavy atom. The highest BCUT2D eigenvalue weighted by Gasteiger charge is 2.54. The lowest BCUT2D eigenvalue weighted by molar-refractivity contribution is -0.146. The van der Waals surface area contributed by atoms with Crippen molar-refractivity contribution in [3.8, 4) is 0 Å². The maximum atomic E-state index is 13.3. The molecule has 0 spiro atoms. The Labute approximate surface area is 157 Å². The van der Waals surface area contributed by atoms with Crippen LogP contribution in [0.1, 0.15) is 63.1 Å². The van der Waals surface area contributed by atoms with E-state index >= 15 is 0 Å². The summed E-state index contributed by atoms with van der Waals surface area (Å²) in [5.74, 6) is 2.85. The van der Waals surface area contributed by atoms with Crippen molar-refractivity contribution in [2.24, 2.45) is 30.2 Å². The van der Waals surface area contributed by atoms with Crippen LogP contribution in [0.4, 0.5) is 0 Å². The minimum Gasteiger partial charge on any atom is -0.354 e. The Kier molecular flexibility index (Phi) is 4.15. The summed E-state index contributed by atoms with van der Waals surface area (Å²) in [5.41, 5.74) is 1.30. The second-order valence-electron chi connectivity index (χ2n) is 9.71. The number of likely N-dealkylation sites (tertiary alicyclic amines) is 1. The van der Waals surface area contributed by atoms with Gasteiger partial charge in [0.05, 0.1) is 6.04 Å². The van der Waals surface area contributed by atoms with Gasteiger partial charge in [-0.15, -0.1) is 0 Å². The van der Waals surface area contributed by atoms with E-state index in [0.29, 0.717) is 11.9 Å². The highest BCUT2D eigenvalue weighted by atomic mass is 16.2. The lowest BCUT2D eigenvalue weighted by Gasteiger charge is -2.55. The number of hydrogen-bond acceptors (Lipinski definition) is 2. The van der Waals surface area contributed by atoms with Crippen LogP contribution in [0.15, 0.2) is 18.3 Å². The predicted molar refractivity (Wildman–Crippen MR) is 103 cm³/mol. The zero-order valence-electron chi connectivity index (χ0n) is 16.1. The number of aromatic nitrogens is 1. The number of carbonyl (C=O) groups is 1. The molecule has 1 amide bonds. The Hall–Kier alpha value is -1.29. The fourth-order valence-electron chi connectivity index (χ4n) is 7.06. The third-order valence-electron chi connectivity index (χ3n) is 7.88. The lowest BCUT2D eigenvalue weighted by Crippen LogP contribution is -2.54. The molecule has 142 valence electrons. The third-order valence-corrected chi connectivity index (χ3v) is 7.88. The van der Waals surface area contributed by atoms with E-state index in [1.807, 2.05) is 0 Å². The minimum absolute atomic E-state index is 0.0292. The molecule has 4 bridgehead atoms. The maximum absolute atomic E-state index is 13.3. The summed E-state index contributed by atoms with van der Waals surface area (Å²) >= 11 is 0. The van der Waals surface area contributed by atoms with E-state index in [2.05, 4.69) is 40.2 Å². The van der Waals surface area contributed by atoms with Crippen LogP contribution in [0, 0.1) is 23.2 Å². The average molecular weight is 356 g/mol. The molecular weight excluding hydrogens is 322 g/mol. The molecule has 2 heterocycles. The Balaban J connectivity index is 1.30. The van der Waals surface area contributed by atoms with Gasteiger partial charge in [-0.3, -0.25) is 9.69 Å². The molecule has 1 aromatic rings. The number of hydrogen-bond donors (Lipinski definition) is 1. The van der Waals surface area contributed by atoms with Crippen LogP contribution in [-0.4, -0.2) is 35.0 Å². The fraction of sp³-hybridized carbons (Fsp3) is 0.773. The van der Waals surface area contributed by atoms with E-state index in [-0.39, 0.29) is 5.41 Å². The van der Waals surface area contributed by atoms with E-state index in [1.165, 1.54) is 37.8 Å². The van der Waals surface area contributed by atoms with Crippen molar-refractivity contribution in [3.05, 3.63) is 24.0 Å². The van der Waals surface area contributed by atoms with Crippen molar-refractivity contribution in [2.45, 2.75) is 57.4 Å². The molecule has 5 fully saturated rings. The van der Waals surface area contributed by atoms with Gasteiger partial charge < -0.3 is 9.88 Å². The number of nitrogens with zero attached hydrogens (tertiary/aromatic N) is 2. The summed E-state index contributed by atoms with van der Waals surface area (Å²) in [6, 6.07) is 4.66. The molecule has 0 aromatic carbocycles. The van der Waals surface area contributed by atoms with Crippen molar-refractivity contribution in [1.29, 1.82) is 0 Å². The quantitative estimate of drug-likeness (QED) is 0.878. The first-order valence-electron chi connectivity index (χ1n) is 10.8. The minimum atomic E-state index is -0.0292. The van der Waals surface area contributed by atoms with Crippen molar-refractivity contribution < 1.29 is 4.79 Å². The molecular formula is C22H33N3O. The topological polar surface area (TPSA) is 37.3 Å². The second-order valence-corrected chi connectivity index (χ2v) is 9.71. The normalized spacial score (nSPS) is 37.2. The van der Waals surface area contributed by atoms with Crippen LogP contribution < -0.4 is 5.32 Å². The van der Waals surface area contributed by atoms with Crippen molar-refractivity contribution in [3.63, 3.8) is 0 Å². The number of aryl methyl sites for hydroxylation is 1. The van der Waals surface area contributed by atoms with Gasteiger partial charge in [0.1, 0.15) is 0 Å². The van der Waals surface area contributed by atoms with Gasteiger partial charge in [-0.25, -0.2) is 0 Å². The summed E-state index contributed by atoms with van der Waals surface area (Å²) in [4.78, 5) is 15.9. The van der Waals surface area contributed by atoms with Gasteiger partial charge >= 0.3 is 0 Å². The molecule has 4 saturated carbocycles. The highest BCUT2D eigenvalue weighted by molar-refractivity contribution is 5.83. The summed E-state index contributed by atoms with van der Waals surface area (Å²) in [6.45, 7) is 3.07. The highest BCUT2D eigenvalue weighted by Crippen LogP contribution is 2.60. The second kappa shape index (κ2) is 6.40. The van der Waals surface area contributed by atoms with Gasteiger partial charge in [0.15, 0.2) is 0 Å². The molecule has 26 heavy (non-hydrogen) atoms. The van der Waals surface area contributed by atoms with E-state index in [4.69, 9.17) is 0 Å². The zero-order chi connectivity index (χ0) is 17.7. The molecule has 1 aliphatic heterocycles.